The molecule has 18 heavy (non-hydrogen) atoms. The molecule has 2 rings (SSSR count). The molecule has 1 aromatic carbocycles. The Morgan fingerprint density at radius 3 is 2.50 bits per heavy atom. The first-order chi connectivity index (χ1) is 8.63. The fraction of sp³-hybridized carbons (Fsp3) is 0.429. The topological polar surface area (TPSA) is 49.4 Å². The van der Waals surface area contributed by atoms with Gasteiger partial charge in [0.2, 0.25) is 11.8 Å². The Labute approximate surface area is 107 Å². The number of amides is 2. The van der Waals surface area contributed by atoms with Crippen molar-refractivity contribution in [2.24, 2.45) is 0 Å². The highest BCUT2D eigenvalue weighted by Crippen LogP contribution is 2.24. The van der Waals surface area contributed by atoms with Crippen molar-refractivity contribution < 1.29 is 9.59 Å². The maximum atomic E-state index is 11.8. The van der Waals surface area contributed by atoms with Gasteiger partial charge in [0.1, 0.15) is 0 Å². The molecular formula is C14H18N2O2. The van der Waals surface area contributed by atoms with Crippen molar-refractivity contribution >= 4 is 17.5 Å². The van der Waals surface area contributed by atoms with Crippen LogP contribution < -0.4 is 10.2 Å². The van der Waals surface area contributed by atoms with E-state index in [1.165, 1.54) is 4.90 Å². The number of imide groups is 1. The van der Waals surface area contributed by atoms with Gasteiger partial charge in [0.25, 0.3) is 0 Å². The molecule has 1 aliphatic rings. The van der Waals surface area contributed by atoms with Crippen LogP contribution in [0.25, 0.3) is 0 Å². The van der Waals surface area contributed by atoms with E-state index in [2.05, 4.69) is 5.32 Å². The van der Waals surface area contributed by atoms with Crippen LogP contribution in [0.1, 0.15) is 37.8 Å². The van der Waals surface area contributed by atoms with E-state index >= 15 is 0 Å². The molecule has 1 N–H and O–H groups in total. The third-order valence-electron chi connectivity index (χ3n) is 3.34. The third-order valence-corrected chi connectivity index (χ3v) is 3.34. The smallest absolute Gasteiger partial charge is 0.233 e. The largest absolute Gasteiger partial charge is 0.313 e. The van der Waals surface area contributed by atoms with E-state index in [9.17, 15) is 9.59 Å². The van der Waals surface area contributed by atoms with Gasteiger partial charge in [0, 0.05) is 18.9 Å². The molecule has 4 nitrogen and oxygen atoms in total. The van der Waals surface area contributed by atoms with Gasteiger partial charge in [-0.3, -0.25) is 14.5 Å². The van der Waals surface area contributed by atoms with Gasteiger partial charge in [-0.2, -0.15) is 0 Å². The van der Waals surface area contributed by atoms with Crippen LogP contribution in [0.2, 0.25) is 0 Å². The van der Waals surface area contributed by atoms with Gasteiger partial charge >= 0.3 is 0 Å². The lowest BCUT2D eigenvalue weighted by atomic mass is 10.0. The van der Waals surface area contributed by atoms with Gasteiger partial charge in [-0.05, 0) is 38.1 Å². The average molecular weight is 246 g/mol. The van der Waals surface area contributed by atoms with Gasteiger partial charge in [-0.15, -0.1) is 0 Å². The van der Waals surface area contributed by atoms with Gasteiger partial charge in [-0.25, -0.2) is 0 Å². The van der Waals surface area contributed by atoms with Gasteiger partial charge in [0.05, 0.1) is 5.69 Å². The molecule has 96 valence electrons. The fourth-order valence-electron chi connectivity index (χ4n) is 2.14. The summed E-state index contributed by atoms with van der Waals surface area (Å²) in [7, 11) is 1.88. The molecule has 1 fully saturated rings. The van der Waals surface area contributed by atoms with Crippen LogP contribution in [0, 0.1) is 0 Å². The molecule has 1 atom stereocenters. The number of hydrogen-bond donors (Lipinski definition) is 1. The highest BCUT2D eigenvalue weighted by molar-refractivity contribution is 6.16. The molecule has 0 saturated carbocycles. The quantitative estimate of drug-likeness (QED) is 0.830. The number of nitrogens with one attached hydrogen (secondary N) is 1. The van der Waals surface area contributed by atoms with E-state index in [1.807, 2.05) is 38.2 Å². The van der Waals surface area contributed by atoms with Crippen LogP contribution in [0.4, 0.5) is 5.69 Å². The van der Waals surface area contributed by atoms with E-state index in [-0.39, 0.29) is 17.9 Å². The first-order valence-corrected chi connectivity index (χ1v) is 6.26. The van der Waals surface area contributed by atoms with Crippen LogP contribution in [-0.2, 0) is 9.59 Å². The van der Waals surface area contributed by atoms with Crippen LogP contribution in [-0.4, -0.2) is 18.9 Å². The van der Waals surface area contributed by atoms with E-state index in [0.717, 1.165) is 5.56 Å². The van der Waals surface area contributed by atoms with Crippen molar-refractivity contribution in [1.82, 2.24) is 5.32 Å². The Hall–Kier alpha value is -1.68. The van der Waals surface area contributed by atoms with Crippen molar-refractivity contribution in [3.8, 4) is 0 Å². The van der Waals surface area contributed by atoms with E-state index in [1.54, 1.807) is 0 Å². The average Bonchev–Trinajstić information content (AvgIpc) is 2.38. The molecule has 0 aromatic heterocycles. The second-order valence-corrected chi connectivity index (χ2v) is 4.58. The standard InChI is InChI=1S/C14H18N2O2/c1-10(15-2)11-5-3-6-12(9-11)16-13(17)7-4-8-14(16)18/h3,5-6,9-10,15H,4,7-8H2,1-2H3. The number of rotatable bonds is 3. The summed E-state index contributed by atoms with van der Waals surface area (Å²) in [4.78, 5) is 25.0. The van der Waals surface area contributed by atoms with Crippen LogP contribution in [0.15, 0.2) is 24.3 Å². The Kier molecular flexibility index (Phi) is 3.77. The van der Waals surface area contributed by atoms with Crippen LogP contribution >= 0.6 is 0 Å². The Bertz CT molecular complexity index is 455. The molecular weight excluding hydrogens is 228 g/mol. The van der Waals surface area contributed by atoms with Crippen molar-refractivity contribution in [2.45, 2.75) is 32.2 Å². The second-order valence-electron chi connectivity index (χ2n) is 4.58. The second kappa shape index (κ2) is 5.31. The first kappa shape index (κ1) is 12.8. The molecule has 1 aliphatic heterocycles. The Morgan fingerprint density at radius 2 is 1.89 bits per heavy atom. The highest BCUT2D eigenvalue weighted by atomic mass is 16.2. The SMILES string of the molecule is CNC(C)c1cccc(N2C(=O)CCCC2=O)c1. The summed E-state index contributed by atoms with van der Waals surface area (Å²) >= 11 is 0. The number of nitrogens with zero attached hydrogens (tertiary/aromatic N) is 1. The predicted octanol–water partition coefficient (Wildman–Crippen LogP) is 2.01. The summed E-state index contributed by atoms with van der Waals surface area (Å²) in [6.07, 6.45) is 1.58. The number of piperidine rings is 1. The number of benzene rings is 1. The fourth-order valence-corrected chi connectivity index (χ4v) is 2.14. The molecule has 0 aliphatic carbocycles. The van der Waals surface area contributed by atoms with Gasteiger partial charge in [-0.1, -0.05) is 12.1 Å². The summed E-state index contributed by atoms with van der Waals surface area (Å²) in [5.74, 6) is -0.193. The zero-order chi connectivity index (χ0) is 13.1. The molecule has 1 aromatic rings. The summed E-state index contributed by atoms with van der Waals surface area (Å²) in [5, 5.41) is 3.15. The van der Waals surface area contributed by atoms with Crippen molar-refractivity contribution in [2.75, 3.05) is 11.9 Å². The van der Waals surface area contributed by atoms with Crippen LogP contribution in [0.5, 0.6) is 0 Å². The molecule has 2 amide bonds. The minimum absolute atomic E-state index is 0.0967. The number of carbonyl (C=O) groups excluding carboxylic acids is 2. The number of carbonyl (C=O) groups is 2. The first-order valence-electron chi connectivity index (χ1n) is 6.26. The summed E-state index contributed by atoms with van der Waals surface area (Å²) in [5.41, 5.74) is 1.76. The predicted molar refractivity (Wildman–Crippen MR) is 70.3 cm³/mol. The molecule has 1 saturated heterocycles. The van der Waals surface area contributed by atoms with Gasteiger partial charge in [0.15, 0.2) is 0 Å². The minimum atomic E-state index is -0.0967. The van der Waals surface area contributed by atoms with Crippen molar-refractivity contribution in [3.05, 3.63) is 29.8 Å². The molecule has 4 heteroatoms. The highest BCUT2D eigenvalue weighted by Gasteiger charge is 2.27. The molecule has 0 radical (unpaired) electrons. The summed E-state index contributed by atoms with van der Waals surface area (Å²) in [6, 6.07) is 7.78. The lowest BCUT2D eigenvalue weighted by Crippen LogP contribution is -2.40. The maximum absolute atomic E-state index is 11.8. The zero-order valence-electron chi connectivity index (χ0n) is 10.8. The summed E-state index contributed by atoms with van der Waals surface area (Å²) in [6.45, 7) is 2.04. The lowest BCUT2D eigenvalue weighted by Gasteiger charge is -2.25. The molecule has 1 unspecified atom stereocenters. The number of anilines is 1. The monoisotopic (exact) mass is 246 g/mol. The van der Waals surface area contributed by atoms with Crippen LogP contribution in [0.3, 0.4) is 0 Å². The van der Waals surface area contributed by atoms with Crippen molar-refractivity contribution in [3.63, 3.8) is 0 Å². The summed E-state index contributed by atoms with van der Waals surface area (Å²) < 4.78 is 0. The zero-order valence-corrected chi connectivity index (χ0v) is 10.8. The molecule has 0 spiro atoms. The normalized spacial score (nSPS) is 18.0. The van der Waals surface area contributed by atoms with Gasteiger partial charge < -0.3 is 5.32 Å². The van der Waals surface area contributed by atoms with E-state index < -0.39 is 0 Å². The Balaban J connectivity index is 2.32. The number of hydrogen-bond acceptors (Lipinski definition) is 3. The molecule has 1 heterocycles. The third kappa shape index (κ3) is 2.43. The Morgan fingerprint density at radius 1 is 1.22 bits per heavy atom. The van der Waals surface area contributed by atoms with Crippen molar-refractivity contribution in [1.29, 1.82) is 0 Å². The molecule has 0 bridgehead atoms. The van der Waals surface area contributed by atoms with E-state index in [4.69, 9.17) is 0 Å². The minimum Gasteiger partial charge on any atom is -0.313 e. The lowest BCUT2D eigenvalue weighted by molar-refractivity contribution is -0.129. The van der Waals surface area contributed by atoms with E-state index in [0.29, 0.717) is 24.9 Å². The maximum Gasteiger partial charge on any atom is 0.233 e.